The lowest BCUT2D eigenvalue weighted by Crippen LogP contribution is -2.61. The second-order valence-electron chi connectivity index (χ2n) is 7.51. The lowest BCUT2D eigenvalue weighted by atomic mass is 9.53. The van der Waals surface area contributed by atoms with Gasteiger partial charge in [0.15, 0.2) is 0 Å². The van der Waals surface area contributed by atoms with Crippen LogP contribution in [0.1, 0.15) is 44.9 Å². The molecule has 0 radical (unpaired) electrons. The summed E-state index contributed by atoms with van der Waals surface area (Å²) in [6.07, 6.45) is 7.53. The van der Waals surface area contributed by atoms with Crippen molar-refractivity contribution in [1.29, 1.82) is 0 Å². The summed E-state index contributed by atoms with van der Waals surface area (Å²) in [4.78, 5) is 23.6. The quantitative estimate of drug-likeness (QED) is 0.730. The molecule has 0 aliphatic heterocycles. The maximum atomic E-state index is 12.2. The first kappa shape index (κ1) is 16.6. The summed E-state index contributed by atoms with van der Waals surface area (Å²) in [5.41, 5.74) is -0.00426. The Morgan fingerprint density at radius 2 is 1.70 bits per heavy atom. The van der Waals surface area contributed by atoms with Crippen molar-refractivity contribution >= 4 is 23.6 Å². The van der Waals surface area contributed by atoms with Gasteiger partial charge in [0, 0.05) is 17.1 Å². The van der Waals surface area contributed by atoms with E-state index in [1.54, 1.807) is 0 Å². The van der Waals surface area contributed by atoms with Crippen molar-refractivity contribution < 1.29 is 14.3 Å². The highest BCUT2D eigenvalue weighted by molar-refractivity contribution is 6.29. The third-order valence-electron chi connectivity index (χ3n) is 5.42. The molecule has 0 spiro atoms. The van der Waals surface area contributed by atoms with Crippen molar-refractivity contribution in [2.45, 2.75) is 50.5 Å². The highest BCUT2D eigenvalue weighted by Crippen LogP contribution is 2.55. The summed E-state index contributed by atoms with van der Waals surface area (Å²) in [7, 11) is 0. The molecule has 0 atom stereocenters. The van der Waals surface area contributed by atoms with E-state index >= 15 is 0 Å². The Labute approximate surface area is 142 Å². The molecule has 23 heavy (non-hydrogen) atoms. The summed E-state index contributed by atoms with van der Waals surface area (Å²) in [5, 5.41) is 6.26. The number of amides is 2. The Balaban J connectivity index is 1.40. The Kier molecular flexibility index (Phi) is 4.85. The second kappa shape index (κ2) is 6.71. The van der Waals surface area contributed by atoms with Crippen LogP contribution in [0, 0.1) is 17.8 Å². The van der Waals surface area contributed by atoms with Gasteiger partial charge < -0.3 is 15.4 Å². The Morgan fingerprint density at radius 1 is 1.13 bits per heavy atom. The lowest BCUT2D eigenvalue weighted by Gasteiger charge is -2.56. The first-order chi connectivity index (χ1) is 10.9. The van der Waals surface area contributed by atoms with Crippen LogP contribution in [0.3, 0.4) is 0 Å². The van der Waals surface area contributed by atoms with Gasteiger partial charge in [0.25, 0.3) is 0 Å². The van der Waals surface area contributed by atoms with Gasteiger partial charge >= 0.3 is 12.0 Å². The first-order valence-electron chi connectivity index (χ1n) is 8.49. The Bertz CT molecular complexity index is 471. The van der Waals surface area contributed by atoms with Crippen LogP contribution in [0.4, 0.5) is 4.79 Å². The van der Waals surface area contributed by atoms with E-state index in [0.717, 1.165) is 37.0 Å². The molecule has 4 saturated carbocycles. The fraction of sp³-hybridized carbons (Fsp3) is 0.765. The summed E-state index contributed by atoms with van der Waals surface area (Å²) < 4.78 is 4.88. The maximum Gasteiger partial charge on any atom is 0.315 e. The Hall–Kier alpha value is -1.23. The van der Waals surface area contributed by atoms with Crippen LogP contribution in [-0.4, -0.2) is 30.7 Å². The van der Waals surface area contributed by atoms with Gasteiger partial charge in [0.2, 0.25) is 0 Å². The van der Waals surface area contributed by atoms with Gasteiger partial charge in [-0.05, 0) is 56.3 Å². The molecule has 6 heteroatoms. The van der Waals surface area contributed by atoms with E-state index in [0.29, 0.717) is 0 Å². The number of carbonyl (C=O) groups excluding carboxylic acids is 2. The lowest BCUT2D eigenvalue weighted by molar-refractivity contribution is -0.142. The van der Waals surface area contributed by atoms with Gasteiger partial charge in [-0.2, -0.15) is 0 Å². The van der Waals surface area contributed by atoms with Crippen LogP contribution in [0.15, 0.2) is 11.6 Å². The normalized spacial score (nSPS) is 34.0. The molecule has 4 aliphatic carbocycles. The van der Waals surface area contributed by atoms with Crippen molar-refractivity contribution in [3.05, 3.63) is 11.6 Å². The molecule has 0 aromatic heterocycles. The molecule has 4 aliphatic rings. The van der Waals surface area contributed by atoms with Gasteiger partial charge in [-0.25, -0.2) is 4.79 Å². The van der Waals surface area contributed by atoms with E-state index in [2.05, 4.69) is 17.2 Å². The Morgan fingerprint density at radius 3 is 2.22 bits per heavy atom. The minimum absolute atomic E-state index is 0.00426. The van der Waals surface area contributed by atoms with Crippen molar-refractivity contribution in [1.82, 2.24) is 10.6 Å². The summed E-state index contributed by atoms with van der Waals surface area (Å²) in [6, 6.07) is -0.165. The van der Waals surface area contributed by atoms with Crippen molar-refractivity contribution in [2.75, 3.05) is 13.2 Å². The summed E-state index contributed by atoms with van der Waals surface area (Å²) in [6.45, 7) is 3.73. The molecule has 2 N–H and O–H groups in total. The number of carbonyl (C=O) groups is 2. The van der Waals surface area contributed by atoms with Crippen LogP contribution < -0.4 is 10.6 Å². The smallest absolute Gasteiger partial charge is 0.315 e. The maximum absolute atomic E-state index is 12.2. The van der Waals surface area contributed by atoms with Gasteiger partial charge in [-0.15, -0.1) is 0 Å². The topological polar surface area (TPSA) is 67.4 Å². The first-order valence-corrected chi connectivity index (χ1v) is 8.87. The molecule has 0 saturated heterocycles. The van der Waals surface area contributed by atoms with Gasteiger partial charge in [0.05, 0.1) is 6.42 Å². The number of nitrogens with one attached hydrogen (secondary N) is 2. The molecular formula is C17H25ClN2O3. The molecule has 0 aromatic rings. The number of hydrogen-bond donors (Lipinski definition) is 2. The molecule has 5 nitrogen and oxygen atoms in total. The standard InChI is InChI=1S/C17H25ClN2O3/c1-11(18)10-23-15(21)2-3-19-16(22)20-17-7-12-4-13(8-17)6-14(5-12)9-17/h12-14H,1-10H2,(H2,19,20,22). The molecule has 128 valence electrons. The van der Waals surface area contributed by atoms with Crippen molar-refractivity contribution in [2.24, 2.45) is 17.8 Å². The van der Waals surface area contributed by atoms with Crippen molar-refractivity contribution in [3.63, 3.8) is 0 Å². The minimum atomic E-state index is -0.387. The van der Waals surface area contributed by atoms with Crippen LogP contribution in [-0.2, 0) is 9.53 Å². The van der Waals surface area contributed by atoms with Gasteiger partial charge in [0.1, 0.15) is 6.61 Å². The minimum Gasteiger partial charge on any atom is -0.460 e. The van der Waals surface area contributed by atoms with E-state index < -0.39 is 0 Å². The molecule has 2 amide bonds. The molecule has 0 heterocycles. The summed E-state index contributed by atoms with van der Waals surface area (Å²) in [5.74, 6) is 1.99. The fourth-order valence-electron chi connectivity index (χ4n) is 5.06. The van der Waals surface area contributed by atoms with Gasteiger partial charge in [-0.1, -0.05) is 18.2 Å². The zero-order chi connectivity index (χ0) is 16.4. The molecule has 4 rings (SSSR count). The van der Waals surface area contributed by atoms with E-state index in [4.69, 9.17) is 16.3 Å². The fourth-order valence-corrected chi connectivity index (χ4v) is 5.11. The van der Waals surface area contributed by atoms with Gasteiger partial charge in [-0.3, -0.25) is 4.79 Å². The zero-order valence-electron chi connectivity index (χ0n) is 13.4. The second-order valence-corrected chi connectivity index (χ2v) is 8.04. The largest absolute Gasteiger partial charge is 0.460 e. The molecular weight excluding hydrogens is 316 g/mol. The SMILES string of the molecule is C=C(Cl)COC(=O)CCNC(=O)NC12CC3CC(CC(C3)C1)C2. The third-order valence-corrected chi connectivity index (χ3v) is 5.53. The molecule has 4 bridgehead atoms. The van der Waals surface area contributed by atoms with E-state index in [-0.39, 0.29) is 42.1 Å². The van der Waals surface area contributed by atoms with E-state index in [1.807, 2.05) is 0 Å². The predicted molar refractivity (Wildman–Crippen MR) is 88.0 cm³/mol. The number of ether oxygens (including phenoxy) is 1. The summed E-state index contributed by atoms with van der Waals surface area (Å²) >= 11 is 5.53. The van der Waals surface area contributed by atoms with Crippen molar-refractivity contribution in [3.8, 4) is 0 Å². The molecule has 4 fully saturated rings. The molecule has 0 unspecified atom stereocenters. The number of rotatable bonds is 6. The van der Waals surface area contributed by atoms with Crippen LogP contribution >= 0.6 is 11.6 Å². The predicted octanol–water partition coefficient (Wildman–Crippen LogP) is 2.94. The average molecular weight is 341 g/mol. The average Bonchev–Trinajstić information content (AvgIpc) is 2.43. The monoisotopic (exact) mass is 340 g/mol. The number of esters is 1. The number of hydrogen-bond acceptors (Lipinski definition) is 3. The highest BCUT2D eigenvalue weighted by Gasteiger charge is 2.51. The third kappa shape index (κ3) is 4.19. The zero-order valence-corrected chi connectivity index (χ0v) is 14.2. The van der Waals surface area contributed by atoms with Crippen LogP contribution in [0.25, 0.3) is 0 Å². The number of halogens is 1. The highest BCUT2D eigenvalue weighted by atomic mass is 35.5. The number of urea groups is 1. The van der Waals surface area contributed by atoms with Crippen LogP contribution in [0.5, 0.6) is 0 Å². The van der Waals surface area contributed by atoms with E-state index in [9.17, 15) is 9.59 Å². The van der Waals surface area contributed by atoms with Crippen LogP contribution in [0.2, 0.25) is 0 Å². The van der Waals surface area contributed by atoms with E-state index in [1.165, 1.54) is 19.3 Å². The molecule has 0 aromatic carbocycles.